The summed E-state index contributed by atoms with van der Waals surface area (Å²) in [7, 11) is 0. The van der Waals surface area contributed by atoms with Crippen LogP contribution in [-0.4, -0.2) is 11.4 Å². The normalized spacial score (nSPS) is 18.1. The van der Waals surface area contributed by atoms with Gasteiger partial charge in [0.05, 0.1) is 5.54 Å². The van der Waals surface area contributed by atoms with Crippen molar-refractivity contribution in [3.8, 4) is 0 Å². The van der Waals surface area contributed by atoms with E-state index in [2.05, 4.69) is 37.9 Å². The van der Waals surface area contributed by atoms with Gasteiger partial charge in [0, 0.05) is 11.1 Å². The number of benzene rings is 1. The Morgan fingerprint density at radius 1 is 1.21 bits per heavy atom. The van der Waals surface area contributed by atoms with Crippen molar-refractivity contribution in [2.24, 2.45) is 4.99 Å². The first-order valence-electron chi connectivity index (χ1n) is 4.87. The van der Waals surface area contributed by atoms with Crippen LogP contribution < -0.4 is 0 Å². The predicted octanol–water partition coefficient (Wildman–Crippen LogP) is 2.76. The van der Waals surface area contributed by atoms with Crippen LogP contribution in [0.25, 0.3) is 0 Å². The fraction of sp³-hybridized carbons (Fsp3) is 0.417. The molecule has 74 valence electrons. The minimum absolute atomic E-state index is 0.0766. The predicted molar refractivity (Wildman–Crippen MR) is 57.5 cm³/mol. The molecular formula is C12H15NO. The minimum Gasteiger partial charge on any atom is -0.473 e. The maximum absolute atomic E-state index is 5.55. The average Bonchev–Trinajstić information content (AvgIpc) is 2.47. The molecule has 1 aliphatic heterocycles. The smallest absolute Gasteiger partial charge is 0.217 e. The molecule has 1 aromatic rings. The van der Waals surface area contributed by atoms with Gasteiger partial charge in [-0.25, -0.2) is 4.99 Å². The largest absolute Gasteiger partial charge is 0.473 e. The van der Waals surface area contributed by atoms with Crippen molar-refractivity contribution in [3.63, 3.8) is 0 Å². The van der Waals surface area contributed by atoms with Crippen molar-refractivity contribution in [3.05, 3.63) is 35.4 Å². The SMILES string of the molecule is CC(C)(C)N=C1OCc2ccccc21. The van der Waals surface area contributed by atoms with Crippen molar-refractivity contribution >= 4 is 5.90 Å². The van der Waals surface area contributed by atoms with Crippen LogP contribution >= 0.6 is 0 Å². The average molecular weight is 189 g/mol. The van der Waals surface area contributed by atoms with E-state index < -0.39 is 0 Å². The summed E-state index contributed by atoms with van der Waals surface area (Å²) in [6.45, 7) is 6.88. The third-order valence-electron chi connectivity index (χ3n) is 2.05. The number of rotatable bonds is 0. The summed E-state index contributed by atoms with van der Waals surface area (Å²) in [5.41, 5.74) is 2.30. The molecule has 2 nitrogen and oxygen atoms in total. The lowest BCUT2D eigenvalue weighted by atomic mass is 10.1. The summed E-state index contributed by atoms with van der Waals surface area (Å²) in [5, 5.41) is 0. The van der Waals surface area contributed by atoms with E-state index in [1.54, 1.807) is 0 Å². The topological polar surface area (TPSA) is 21.6 Å². The van der Waals surface area contributed by atoms with Crippen LogP contribution in [0.5, 0.6) is 0 Å². The zero-order chi connectivity index (χ0) is 10.2. The molecule has 1 aliphatic rings. The lowest BCUT2D eigenvalue weighted by molar-refractivity contribution is 0.307. The van der Waals surface area contributed by atoms with Gasteiger partial charge in [-0.3, -0.25) is 0 Å². The molecule has 0 saturated carbocycles. The second-order valence-electron chi connectivity index (χ2n) is 4.53. The van der Waals surface area contributed by atoms with Gasteiger partial charge in [0.25, 0.3) is 0 Å². The molecule has 0 aromatic heterocycles. The Balaban J connectivity index is 2.40. The van der Waals surface area contributed by atoms with Crippen LogP contribution in [-0.2, 0) is 11.3 Å². The first kappa shape index (κ1) is 9.25. The minimum atomic E-state index is -0.0766. The summed E-state index contributed by atoms with van der Waals surface area (Å²) in [6.07, 6.45) is 0. The molecule has 0 N–H and O–H groups in total. The molecular weight excluding hydrogens is 174 g/mol. The quantitative estimate of drug-likeness (QED) is 0.615. The maximum atomic E-state index is 5.55. The molecule has 0 radical (unpaired) electrons. The van der Waals surface area contributed by atoms with E-state index in [4.69, 9.17) is 4.74 Å². The molecule has 2 heteroatoms. The molecule has 0 aliphatic carbocycles. The Hall–Kier alpha value is -1.31. The van der Waals surface area contributed by atoms with E-state index in [1.807, 2.05) is 12.1 Å². The van der Waals surface area contributed by atoms with Gasteiger partial charge in [0.2, 0.25) is 5.90 Å². The van der Waals surface area contributed by atoms with Gasteiger partial charge in [-0.1, -0.05) is 18.2 Å². The molecule has 14 heavy (non-hydrogen) atoms. The van der Waals surface area contributed by atoms with Gasteiger partial charge in [-0.2, -0.15) is 0 Å². The fourth-order valence-electron chi connectivity index (χ4n) is 1.48. The van der Waals surface area contributed by atoms with Gasteiger partial charge in [-0.05, 0) is 26.8 Å². The Kier molecular flexibility index (Phi) is 2.06. The van der Waals surface area contributed by atoms with Crippen molar-refractivity contribution < 1.29 is 4.74 Å². The first-order chi connectivity index (χ1) is 6.56. The zero-order valence-electron chi connectivity index (χ0n) is 8.87. The van der Waals surface area contributed by atoms with E-state index in [9.17, 15) is 0 Å². The highest BCUT2D eigenvalue weighted by Gasteiger charge is 2.20. The van der Waals surface area contributed by atoms with Crippen LogP contribution in [0.2, 0.25) is 0 Å². The monoisotopic (exact) mass is 189 g/mol. The van der Waals surface area contributed by atoms with Crippen LogP contribution in [0.15, 0.2) is 29.3 Å². The van der Waals surface area contributed by atoms with Crippen molar-refractivity contribution in [2.75, 3.05) is 0 Å². The van der Waals surface area contributed by atoms with E-state index in [0.29, 0.717) is 6.61 Å². The number of hydrogen-bond donors (Lipinski definition) is 0. The molecule has 0 unspecified atom stereocenters. The number of fused-ring (bicyclic) bond motifs is 1. The van der Waals surface area contributed by atoms with Crippen LogP contribution in [0.1, 0.15) is 31.9 Å². The second-order valence-corrected chi connectivity index (χ2v) is 4.53. The second kappa shape index (κ2) is 3.12. The lowest BCUT2D eigenvalue weighted by Crippen LogP contribution is -2.14. The summed E-state index contributed by atoms with van der Waals surface area (Å²) in [5.74, 6) is 0.785. The molecule has 0 bridgehead atoms. The molecule has 1 heterocycles. The van der Waals surface area contributed by atoms with E-state index in [-0.39, 0.29) is 5.54 Å². The first-order valence-corrected chi connectivity index (χ1v) is 4.87. The van der Waals surface area contributed by atoms with Gasteiger partial charge >= 0.3 is 0 Å². The summed E-state index contributed by atoms with van der Waals surface area (Å²) < 4.78 is 5.55. The molecule has 0 fully saturated rings. The highest BCUT2D eigenvalue weighted by molar-refractivity contribution is 5.97. The molecule has 1 aromatic carbocycles. The number of ether oxygens (including phenoxy) is 1. The lowest BCUT2D eigenvalue weighted by Gasteiger charge is -2.12. The molecule has 2 rings (SSSR count). The molecule has 0 saturated heterocycles. The van der Waals surface area contributed by atoms with Crippen molar-refractivity contribution in [1.29, 1.82) is 0 Å². The van der Waals surface area contributed by atoms with Crippen LogP contribution in [0.3, 0.4) is 0 Å². The van der Waals surface area contributed by atoms with Crippen molar-refractivity contribution in [2.45, 2.75) is 32.9 Å². The number of nitrogens with zero attached hydrogens (tertiary/aromatic N) is 1. The van der Waals surface area contributed by atoms with Crippen molar-refractivity contribution in [1.82, 2.24) is 0 Å². The van der Waals surface area contributed by atoms with Gasteiger partial charge in [-0.15, -0.1) is 0 Å². The summed E-state index contributed by atoms with van der Waals surface area (Å²) in [6, 6.07) is 8.20. The third kappa shape index (κ3) is 1.79. The Bertz CT molecular complexity index is 374. The van der Waals surface area contributed by atoms with E-state index in [0.717, 1.165) is 11.5 Å². The molecule has 0 amide bonds. The highest BCUT2D eigenvalue weighted by Crippen LogP contribution is 2.22. The van der Waals surface area contributed by atoms with E-state index >= 15 is 0 Å². The Morgan fingerprint density at radius 3 is 2.64 bits per heavy atom. The third-order valence-corrected chi connectivity index (χ3v) is 2.05. The zero-order valence-corrected chi connectivity index (χ0v) is 8.87. The Labute approximate surface area is 84.6 Å². The standard InChI is InChI=1S/C12H15NO/c1-12(2,3)13-11-10-7-5-4-6-9(10)8-14-11/h4-7H,8H2,1-3H3. The van der Waals surface area contributed by atoms with Gasteiger partial charge in [0.1, 0.15) is 6.61 Å². The summed E-state index contributed by atoms with van der Waals surface area (Å²) >= 11 is 0. The highest BCUT2D eigenvalue weighted by atomic mass is 16.5. The van der Waals surface area contributed by atoms with Crippen LogP contribution in [0.4, 0.5) is 0 Å². The summed E-state index contributed by atoms with van der Waals surface area (Å²) in [4.78, 5) is 4.54. The number of aliphatic imine (C=N–C) groups is 1. The molecule has 0 atom stereocenters. The van der Waals surface area contributed by atoms with Crippen LogP contribution in [0, 0.1) is 0 Å². The van der Waals surface area contributed by atoms with Gasteiger partial charge < -0.3 is 4.74 Å². The van der Waals surface area contributed by atoms with Gasteiger partial charge in [0.15, 0.2) is 0 Å². The Morgan fingerprint density at radius 2 is 1.93 bits per heavy atom. The number of hydrogen-bond acceptors (Lipinski definition) is 2. The fourth-order valence-corrected chi connectivity index (χ4v) is 1.48. The van der Waals surface area contributed by atoms with E-state index in [1.165, 1.54) is 5.56 Å². The maximum Gasteiger partial charge on any atom is 0.217 e. The molecule has 0 spiro atoms.